The fourth-order valence-electron chi connectivity index (χ4n) is 1.78. The van der Waals surface area contributed by atoms with Gasteiger partial charge in [-0.05, 0) is 32.0 Å². The van der Waals surface area contributed by atoms with Gasteiger partial charge in [0.25, 0.3) is 5.91 Å². The van der Waals surface area contributed by atoms with Crippen LogP contribution in [-0.4, -0.2) is 50.4 Å². The number of nitrogens with zero attached hydrogens (tertiary/aromatic N) is 1. The Hall–Kier alpha value is -1.88. The van der Waals surface area contributed by atoms with Gasteiger partial charge in [0.2, 0.25) is 5.91 Å². The second-order valence-corrected chi connectivity index (χ2v) is 5.26. The van der Waals surface area contributed by atoms with Gasteiger partial charge < -0.3 is 15.5 Å². The minimum atomic E-state index is -0.0559. The van der Waals surface area contributed by atoms with Crippen molar-refractivity contribution >= 4 is 11.8 Å². The second kappa shape index (κ2) is 9.13. The van der Waals surface area contributed by atoms with Crippen molar-refractivity contribution in [3.8, 4) is 0 Å². The molecule has 0 aromatic heterocycles. The van der Waals surface area contributed by atoms with E-state index in [2.05, 4.69) is 10.6 Å². The number of amides is 2. The number of hydrogen-bond acceptors (Lipinski definition) is 3. The third kappa shape index (κ3) is 6.90. The molecule has 2 N–H and O–H groups in total. The van der Waals surface area contributed by atoms with Gasteiger partial charge in [-0.15, -0.1) is 0 Å². The monoisotopic (exact) mass is 291 g/mol. The molecule has 1 rings (SSSR count). The summed E-state index contributed by atoms with van der Waals surface area (Å²) in [4.78, 5) is 24.8. The predicted molar refractivity (Wildman–Crippen MR) is 84.3 cm³/mol. The van der Waals surface area contributed by atoms with Gasteiger partial charge in [0, 0.05) is 39.2 Å². The van der Waals surface area contributed by atoms with E-state index in [0.717, 1.165) is 18.5 Å². The van der Waals surface area contributed by atoms with Gasteiger partial charge in [0.15, 0.2) is 0 Å². The Morgan fingerprint density at radius 3 is 2.33 bits per heavy atom. The summed E-state index contributed by atoms with van der Waals surface area (Å²) in [5.74, 6) is 0.0871. The van der Waals surface area contributed by atoms with Crippen molar-refractivity contribution in [1.82, 2.24) is 15.5 Å². The Kier molecular flexibility index (Phi) is 7.46. The van der Waals surface area contributed by atoms with Crippen molar-refractivity contribution in [2.24, 2.45) is 0 Å². The normalized spacial score (nSPS) is 10.2. The van der Waals surface area contributed by atoms with Gasteiger partial charge in [0.05, 0.1) is 0 Å². The van der Waals surface area contributed by atoms with Crippen molar-refractivity contribution in [1.29, 1.82) is 0 Å². The lowest BCUT2D eigenvalue weighted by molar-refractivity contribution is -0.128. The molecule has 0 spiro atoms. The lowest BCUT2D eigenvalue weighted by Gasteiger charge is -2.10. The molecule has 21 heavy (non-hydrogen) atoms. The summed E-state index contributed by atoms with van der Waals surface area (Å²) in [7, 11) is 3.52. The average Bonchev–Trinajstić information content (AvgIpc) is 2.46. The molecule has 1 aromatic rings. The first kappa shape index (κ1) is 17.2. The number of aryl methyl sites for hydroxylation is 1. The van der Waals surface area contributed by atoms with E-state index in [1.54, 1.807) is 19.0 Å². The molecular formula is C16H25N3O2. The van der Waals surface area contributed by atoms with Crippen LogP contribution < -0.4 is 10.6 Å². The highest BCUT2D eigenvalue weighted by Crippen LogP contribution is 2.02. The van der Waals surface area contributed by atoms with E-state index in [1.165, 1.54) is 0 Å². The molecule has 0 saturated heterocycles. The summed E-state index contributed by atoms with van der Waals surface area (Å²) in [5, 5.41) is 6.07. The largest absolute Gasteiger partial charge is 0.351 e. The molecule has 0 aliphatic rings. The zero-order valence-corrected chi connectivity index (χ0v) is 13.1. The van der Waals surface area contributed by atoms with Crippen LogP contribution in [0.25, 0.3) is 0 Å². The van der Waals surface area contributed by atoms with Gasteiger partial charge in [0.1, 0.15) is 0 Å². The van der Waals surface area contributed by atoms with Crippen LogP contribution in [-0.2, 0) is 4.79 Å². The zero-order chi connectivity index (χ0) is 15.7. The van der Waals surface area contributed by atoms with Crippen molar-refractivity contribution in [2.45, 2.75) is 19.8 Å². The van der Waals surface area contributed by atoms with Gasteiger partial charge in [-0.2, -0.15) is 0 Å². The van der Waals surface area contributed by atoms with E-state index in [-0.39, 0.29) is 11.8 Å². The Morgan fingerprint density at radius 1 is 1.05 bits per heavy atom. The molecule has 1 aromatic carbocycles. The minimum absolute atomic E-state index is 0.0559. The highest BCUT2D eigenvalue weighted by atomic mass is 16.2. The molecule has 2 amide bonds. The summed E-state index contributed by atoms with van der Waals surface area (Å²) in [6.45, 7) is 4.05. The fraction of sp³-hybridized carbons (Fsp3) is 0.500. The van der Waals surface area contributed by atoms with Crippen LogP contribution in [0.15, 0.2) is 24.3 Å². The molecular weight excluding hydrogens is 266 g/mol. The molecule has 0 unspecified atom stereocenters. The highest BCUT2D eigenvalue weighted by Gasteiger charge is 2.04. The Labute approximate surface area is 126 Å². The fourth-order valence-corrected chi connectivity index (χ4v) is 1.78. The average molecular weight is 291 g/mol. The first-order chi connectivity index (χ1) is 10.0. The van der Waals surface area contributed by atoms with Crippen molar-refractivity contribution in [3.05, 3.63) is 35.4 Å². The number of carbonyl (C=O) groups excluding carboxylic acids is 2. The minimum Gasteiger partial charge on any atom is -0.351 e. The van der Waals surface area contributed by atoms with Gasteiger partial charge in [-0.1, -0.05) is 17.7 Å². The predicted octanol–water partition coefficient (Wildman–Crippen LogP) is 1.18. The third-order valence-corrected chi connectivity index (χ3v) is 3.14. The SMILES string of the molecule is Cc1ccc(C(=O)NCCNCCCC(=O)N(C)C)cc1. The van der Waals surface area contributed by atoms with Crippen LogP contribution in [0.2, 0.25) is 0 Å². The van der Waals surface area contributed by atoms with E-state index >= 15 is 0 Å². The van der Waals surface area contributed by atoms with E-state index < -0.39 is 0 Å². The Morgan fingerprint density at radius 2 is 1.71 bits per heavy atom. The van der Waals surface area contributed by atoms with E-state index in [0.29, 0.717) is 25.1 Å². The van der Waals surface area contributed by atoms with Gasteiger partial charge >= 0.3 is 0 Å². The first-order valence-corrected chi connectivity index (χ1v) is 7.26. The molecule has 0 aliphatic carbocycles. The van der Waals surface area contributed by atoms with Crippen molar-refractivity contribution in [3.63, 3.8) is 0 Å². The van der Waals surface area contributed by atoms with Crippen LogP contribution in [0.1, 0.15) is 28.8 Å². The van der Waals surface area contributed by atoms with Gasteiger partial charge in [-0.25, -0.2) is 0 Å². The standard InChI is InChI=1S/C16H25N3O2/c1-13-6-8-14(9-7-13)16(21)18-12-11-17-10-4-5-15(20)19(2)3/h6-9,17H,4-5,10-12H2,1-3H3,(H,18,21). The van der Waals surface area contributed by atoms with Crippen LogP contribution in [0.4, 0.5) is 0 Å². The number of carbonyl (C=O) groups is 2. The zero-order valence-electron chi connectivity index (χ0n) is 13.1. The van der Waals surface area contributed by atoms with E-state index in [4.69, 9.17) is 0 Å². The summed E-state index contributed by atoms with van der Waals surface area (Å²) in [5.41, 5.74) is 1.82. The van der Waals surface area contributed by atoms with Crippen LogP contribution in [0.3, 0.4) is 0 Å². The second-order valence-electron chi connectivity index (χ2n) is 5.26. The number of nitrogens with one attached hydrogen (secondary N) is 2. The third-order valence-electron chi connectivity index (χ3n) is 3.14. The lowest BCUT2D eigenvalue weighted by atomic mass is 10.1. The summed E-state index contributed by atoms with van der Waals surface area (Å²) in [6.07, 6.45) is 1.36. The molecule has 0 radical (unpaired) electrons. The Bertz CT molecular complexity index is 455. The van der Waals surface area contributed by atoms with E-state index in [1.807, 2.05) is 31.2 Å². The smallest absolute Gasteiger partial charge is 0.251 e. The number of hydrogen-bond donors (Lipinski definition) is 2. The maximum atomic E-state index is 11.8. The molecule has 5 heteroatoms. The van der Waals surface area contributed by atoms with Crippen LogP contribution >= 0.6 is 0 Å². The molecule has 0 aliphatic heterocycles. The van der Waals surface area contributed by atoms with Gasteiger partial charge in [-0.3, -0.25) is 9.59 Å². The summed E-state index contributed by atoms with van der Waals surface area (Å²) < 4.78 is 0. The number of benzene rings is 1. The van der Waals surface area contributed by atoms with Crippen molar-refractivity contribution in [2.75, 3.05) is 33.7 Å². The topological polar surface area (TPSA) is 61.4 Å². The highest BCUT2D eigenvalue weighted by molar-refractivity contribution is 5.94. The molecule has 5 nitrogen and oxygen atoms in total. The molecule has 0 heterocycles. The molecule has 0 atom stereocenters. The quantitative estimate of drug-likeness (QED) is 0.707. The maximum Gasteiger partial charge on any atom is 0.251 e. The van der Waals surface area contributed by atoms with Crippen LogP contribution in [0.5, 0.6) is 0 Å². The molecule has 0 fully saturated rings. The maximum absolute atomic E-state index is 11.8. The lowest BCUT2D eigenvalue weighted by Crippen LogP contribution is -2.32. The first-order valence-electron chi connectivity index (χ1n) is 7.26. The molecule has 0 bridgehead atoms. The molecule has 116 valence electrons. The number of rotatable bonds is 8. The summed E-state index contributed by atoms with van der Waals surface area (Å²) >= 11 is 0. The molecule has 0 saturated carbocycles. The van der Waals surface area contributed by atoms with Crippen LogP contribution in [0, 0.1) is 6.92 Å². The van der Waals surface area contributed by atoms with Crippen molar-refractivity contribution < 1.29 is 9.59 Å². The Balaban J connectivity index is 2.08. The summed E-state index contributed by atoms with van der Waals surface area (Å²) in [6, 6.07) is 7.50. The van der Waals surface area contributed by atoms with E-state index in [9.17, 15) is 9.59 Å².